The van der Waals surface area contributed by atoms with Crippen LogP contribution in [0.5, 0.6) is 0 Å². The van der Waals surface area contributed by atoms with Crippen LogP contribution in [0.1, 0.15) is 38.3 Å². The van der Waals surface area contributed by atoms with Gasteiger partial charge in [0.2, 0.25) is 0 Å². The maximum atomic E-state index is 5.97. The zero-order valence-electron chi connectivity index (χ0n) is 9.63. The third-order valence-electron chi connectivity index (χ3n) is 2.82. The molecular formula is C12H18Cl2N2. The summed E-state index contributed by atoms with van der Waals surface area (Å²) in [5.74, 6) is 6.18. The van der Waals surface area contributed by atoms with Gasteiger partial charge in [-0.2, -0.15) is 0 Å². The highest BCUT2D eigenvalue weighted by molar-refractivity contribution is 6.34. The van der Waals surface area contributed by atoms with Crippen molar-refractivity contribution in [3.8, 4) is 0 Å². The maximum Gasteiger partial charge on any atom is 0.0463 e. The molecule has 0 fully saturated rings. The van der Waals surface area contributed by atoms with E-state index in [-0.39, 0.29) is 6.04 Å². The van der Waals surface area contributed by atoms with Gasteiger partial charge in [0.05, 0.1) is 0 Å². The minimum Gasteiger partial charge on any atom is -0.271 e. The second-order valence-electron chi connectivity index (χ2n) is 4.17. The van der Waals surface area contributed by atoms with Gasteiger partial charge in [-0.1, -0.05) is 43.5 Å². The van der Waals surface area contributed by atoms with Crippen LogP contribution in [-0.4, -0.2) is 0 Å². The molecular weight excluding hydrogens is 243 g/mol. The Morgan fingerprint density at radius 3 is 2.25 bits per heavy atom. The summed E-state index contributed by atoms with van der Waals surface area (Å²) in [5, 5.41) is 1.29. The number of halogens is 2. The molecule has 16 heavy (non-hydrogen) atoms. The first-order valence-electron chi connectivity index (χ1n) is 5.49. The second-order valence-corrected chi connectivity index (χ2v) is 5.04. The number of hydrogen-bond donors (Lipinski definition) is 2. The van der Waals surface area contributed by atoms with Gasteiger partial charge in [0, 0.05) is 16.1 Å². The predicted molar refractivity (Wildman–Crippen MR) is 70.6 cm³/mol. The van der Waals surface area contributed by atoms with Crippen LogP contribution in [0.4, 0.5) is 0 Å². The summed E-state index contributed by atoms with van der Waals surface area (Å²) in [4.78, 5) is 0. The summed E-state index contributed by atoms with van der Waals surface area (Å²) in [6.45, 7) is 4.37. The zero-order chi connectivity index (χ0) is 12.1. The molecule has 0 aromatic heterocycles. The van der Waals surface area contributed by atoms with Crippen molar-refractivity contribution < 1.29 is 0 Å². The molecule has 0 radical (unpaired) electrons. The van der Waals surface area contributed by atoms with Crippen LogP contribution in [0.25, 0.3) is 0 Å². The molecule has 0 bridgehead atoms. The first kappa shape index (κ1) is 13.8. The van der Waals surface area contributed by atoms with Crippen LogP contribution < -0.4 is 11.3 Å². The van der Waals surface area contributed by atoms with Crippen LogP contribution >= 0.6 is 23.2 Å². The average molecular weight is 261 g/mol. The van der Waals surface area contributed by atoms with Crippen LogP contribution in [0, 0.1) is 5.92 Å². The Kier molecular flexibility index (Phi) is 5.56. The molecule has 2 atom stereocenters. The van der Waals surface area contributed by atoms with E-state index in [0.717, 1.165) is 18.4 Å². The van der Waals surface area contributed by atoms with Gasteiger partial charge in [-0.25, -0.2) is 0 Å². The first-order chi connectivity index (χ1) is 7.56. The SMILES string of the molecule is CCC(C)CC(NN)c1cc(Cl)cc(Cl)c1. The van der Waals surface area contributed by atoms with Gasteiger partial charge in [0.25, 0.3) is 0 Å². The lowest BCUT2D eigenvalue weighted by molar-refractivity contribution is 0.408. The topological polar surface area (TPSA) is 38.0 Å². The summed E-state index contributed by atoms with van der Waals surface area (Å²) >= 11 is 11.9. The number of rotatable bonds is 5. The van der Waals surface area contributed by atoms with Crippen molar-refractivity contribution in [2.45, 2.75) is 32.7 Å². The average Bonchev–Trinajstić information content (AvgIpc) is 2.24. The third-order valence-corrected chi connectivity index (χ3v) is 3.26. The Hall–Kier alpha value is -0.280. The Labute approximate surface area is 107 Å². The molecule has 0 aliphatic rings. The first-order valence-corrected chi connectivity index (χ1v) is 6.24. The van der Waals surface area contributed by atoms with Crippen LogP contribution in [0.3, 0.4) is 0 Å². The fourth-order valence-corrected chi connectivity index (χ4v) is 2.19. The zero-order valence-corrected chi connectivity index (χ0v) is 11.1. The van der Waals surface area contributed by atoms with Crippen molar-refractivity contribution in [1.82, 2.24) is 5.43 Å². The molecule has 3 N–H and O–H groups in total. The van der Waals surface area contributed by atoms with E-state index < -0.39 is 0 Å². The minimum absolute atomic E-state index is 0.103. The van der Waals surface area contributed by atoms with Gasteiger partial charge >= 0.3 is 0 Å². The Bertz CT molecular complexity index is 322. The van der Waals surface area contributed by atoms with Crippen molar-refractivity contribution in [3.63, 3.8) is 0 Å². The number of nitrogens with one attached hydrogen (secondary N) is 1. The standard InChI is InChI=1S/C12H18Cl2N2/c1-3-8(2)4-12(16-15)9-5-10(13)7-11(14)6-9/h5-8,12,16H,3-4,15H2,1-2H3. The maximum absolute atomic E-state index is 5.97. The highest BCUT2D eigenvalue weighted by Crippen LogP contribution is 2.27. The van der Waals surface area contributed by atoms with E-state index in [9.17, 15) is 0 Å². The molecule has 0 saturated carbocycles. The smallest absolute Gasteiger partial charge is 0.0463 e. The molecule has 2 unspecified atom stereocenters. The molecule has 1 aromatic carbocycles. The van der Waals surface area contributed by atoms with Gasteiger partial charge in [-0.05, 0) is 36.1 Å². The van der Waals surface area contributed by atoms with Crippen molar-refractivity contribution >= 4 is 23.2 Å². The normalized spacial score (nSPS) is 14.8. The summed E-state index contributed by atoms with van der Waals surface area (Å²) in [6, 6.07) is 5.63. The lowest BCUT2D eigenvalue weighted by atomic mass is 9.95. The monoisotopic (exact) mass is 260 g/mol. The van der Waals surface area contributed by atoms with E-state index in [4.69, 9.17) is 29.0 Å². The van der Waals surface area contributed by atoms with Gasteiger partial charge in [-0.3, -0.25) is 11.3 Å². The molecule has 4 heteroatoms. The second kappa shape index (κ2) is 6.45. The van der Waals surface area contributed by atoms with Crippen LogP contribution in [0.15, 0.2) is 18.2 Å². The lowest BCUT2D eigenvalue weighted by Crippen LogP contribution is -2.29. The lowest BCUT2D eigenvalue weighted by Gasteiger charge is -2.20. The van der Waals surface area contributed by atoms with Gasteiger partial charge in [-0.15, -0.1) is 0 Å². The third kappa shape index (κ3) is 3.95. The van der Waals surface area contributed by atoms with Gasteiger partial charge in [0.15, 0.2) is 0 Å². The molecule has 90 valence electrons. The van der Waals surface area contributed by atoms with Gasteiger partial charge in [0.1, 0.15) is 0 Å². The Morgan fingerprint density at radius 1 is 1.25 bits per heavy atom. The predicted octanol–water partition coefficient (Wildman–Crippen LogP) is 3.93. The van der Waals surface area contributed by atoms with E-state index in [1.54, 1.807) is 6.07 Å². The highest BCUT2D eigenvalue weighted by Gasteiger charge is 2.14. The molecule has 2 nitrogen and oxygen atoms in total. The van der Waals surface area contributed by atoms with Crippen molar-refractivity contribution in [2.75, 3.05) is 0 Å². The summed E-state index contributed by atoms with van der Waals surface area (Å²) in [7, 11) is 0. The highest BCUT2D eigenvalue weighted by atomic mass is 35.5. The number of hydrogen-bond acceptors (Lipinski definition) is 2. The minimum atomic E-state index is 0.103. The molecule has 1 rings (SSSR count). The van der Waals surface area contributed by atoms with E-state index in [2.05, 4.69) is 19.3 Å². The van der Waals surface area contributed by atoms with Gasteiger partial charge < -0.3 is 0 Å². The molecule has 0 heterocycles. The fourth-order valence-electron chi connectivity index (χ4n) is 1.65. The molecule has 0 aliphatic carbocycles. The fraction of sp³-hybridized carbons (Fsp3) is 0.500. The number of nitrogens with two attached hydrogens (primary N) is 1. The Balaban J connectivity index is 2.86. The summed E-state index contributed by atoms with van der Waals surface area (Å²) < 4.78 is 0. The largest absolute Gasteiger partial charge is 0.271 e. The quantitative estimate of drug-likeness (QED) is 0.622. The summed E-state index contributed by atoms with van der Waals surface area (Å²) in [6.07, 6.45) is 2.11. The van der Waals surface area contributed by atoms with Crippen LogP contribution in [-0.2, 0) is 0 Å². The molecule has 0 saturated heterocycles. The molecule has 0 spiro atoms. The molecule has 0 aliphatic heterocycles. The number of hydrazine groups is 1. The van der Waals surface area contributed by atoms with Crippen molar-refractivity contribution in [2.24, 2.45) is 11.8 Å². The van der Waals surface area contributed by atoms with Crippen LogP contribution in [0.2, 0.25) is 10.0 Å². The van der Waals surface area contributed by atoms with E-state index >= 15 is 0 Å². The Morgan fingerprint density at radius 2 is 1.81 bits per heavy atom. The molecule has 1 aromatic rings. The van der Waals surface area contributed by atoms with Crippen molar-refractivity contribution in [3.05, 3.63) is 33.8 Å². The number of benzene rings is 1. The van der Waals surface area contributed by atoms with E-state index in [1.165, 1.54) is 0 Å². The van der Waals surface area contributed by atoms with Crippen molar-refractivity contribution in [1.29, 1.82) is 0 Å². The van der Waals surface area contributed by atoms with E-state index in [0.29, 0.717) is 16.0 Å². The summed E-state index contributed by atoms with van der Waals surface area (Å²) in [5.41, 5.74) is 3.86. The molecule has 0 amide bonds. The van der Waals surface area contributed by atoms with E-state index in [1.807, 2.05) is 12.1 Å².